The SMILES string of the molecule is CC[C@H](C)[C@H](NC(=O)OCc1ccccc1)C(=O)OCC(CI)C(=O)O. The number of carboxylic acids is 1. The number of carboxylic acid groups (broad SMARTS) is 1. The third kappa shape index (κ3) is 7.59. The molecule has 0 saturated carbocycles. The lowest BCUT2D eigenvalue weighted by molar-refractivity contribution is -0.152. The second-order valence-corrected chi connectivity index (χ2v) is 6.77. The van der Waals surface area contributed by atoms with E-state index in [4.69, 9.17) is 14.6 Å². The molecule has 1 rings (SSSR count). The maximum atomic E-state index is 12.3. The van der Waals surface area contributed by atoms with Crippen molar-refractivity contribution in [2.24, 2.45) is 11.8 Å². The molecular formula is C18H24INO6. The number of esters is 1. The van der Waals surface area contributed by atoms with E-state index in [9.17, 15) is 14.4 Å². The Morgan fingerprint density at radius 2 is 1.85 bits per heavy atom. The topological polar surface area (TPSA) is 102 Å². The molecule has 0 spiro atoms. The van der Waals surface area contributed by atoms with Gasteiger partial charge < -0.3 is 19.9 Å². The smallest absolute Gasteiger partial charge is 0.408 e. The average Bonchev–Trinajstić information content (AvgIpc) is 2.64. The Kier molecular flexibility index (Phi) is 10.0. The Hall–Kier alpha value is -1.84. The van der Waals surface area contributed by atoms with Crippen LogP contribution < -0.4 is 5.32 Å². The average molecular weight is 477 g/mol. The second-order valence-electron chi connectivity index (χ2n) is 5.89. The zero-order valence-corrected chi connectivity index (χ0v) is 17.0. The molecule has 0 heterocycles. The first-order valence-electron chi connectivity index (χ1n) is 8.31. The zero-order valence-electron chi connectivity index (χ0n) is 14.8. The number of nitrogens with one attached hydrogen (secondary N) is 1. The largest absolute Gasteiger partial charge is 0.481 e. The molecule has 0 bridgehead atoms. The number of carbonyl (C=O) groups excluding carboxylic acids is 2. The van der Waals surface area contributed by atoms with Crippen molar-refractivity contribution in [2.75, 3.05) is 11.0 Å². The molecule has 0 aliphatic rings. The first kappa shape index (κ1) is 22.2. The Morgan fingerprint density at radius 1 is 1.19 bits per heavy atom. The van der Waals surface area contributed by atoms with E-state index in [2.05, 4.69) is 5.32 Å². The summed E-state index contributed by atoms with van der Waals surface area (Å²) in [4.78, 5) is 35.3. The summed E-state index contributed by atoms with van der Waals surface area (Å²) in [5, 5.41) is 11.5. The fourth-order valence-corrected chi connectivity index (χ4v) is 2.65. The number of carbonyl (C=O) groups is 3. The molecule has 0 aromatic heterocycles. The highest BCUT2D eigenvalue weighted by atomic mass is 127. The standard InChI is InChI=1S/C18H24INO6/c1-3-12(2)15(17(23)25-11-14(9-19)16(21)22)20-18(24)26-10-13-7-5-4-6-8-13/h4-8,12,14-15H,3,9-11H2,1-2H3,(H,20,24)(H,21,22)/t12-,14?,15-/m0/s1. The molecule has 0 saturated heterocycles. The van der Waals surface area contributed by atoms with Gasteiger partial charge in [0, 0.05) is 4.43 Å². The molecule has 0 aliphatic carbocycles. The van der Waals surface area contributed by atoms with Crippen molar-refractivity contribution >= 4 is 40.6 Å². The van der Waals surface area contributed by atoms with Gasteiger partial charge in [0.25, 0.3) is 0 Å². The molecule has 8 heteroatoms. The molecule has 0 radical (unpaired) electrons. The third-order valence-electron chi connectivity index (χ3n) is 3.92. The normalized spacial score (nSPS) is 14.0. The number of hydrogen-bond acceptors (Lipinski definition) is 5. The number of alkyl halides is 1. The number of hydrogen-bond donors (Lipinski definition) is 2. The van der Waals surface area contributed by atoms with Crippen LogP contribution in [0.25, 0.3) is 0 Å². The summed E-state index contributed by atoms with van der Waals surface area (Å²) in [7, 11) is 0. The quantitative estimate of drug-likeness (QED) is 0.305. The Balaban J connectivity index is 2.60. The molecule has 1 aromatic carbocycles. The summed E-state index contributed by atoms with van der Waals surface area (Å²) >= 11 is 1.92. The van der Waals surface area contributed by atoms with Gasteiger partial charge >= 0.3 is 18.0 Å². The Morgan fingerprint density at radius 3 is 2.38 bits per heavy atom. The fourth-order valence-electron chi connectivity index (χ4n) is 2.02. The van der Waals surface area contributed by atoms with Crippen LogP contribution in [0.4, 0.5) is 4.79 Å². The zero-order chi connectivity index (χ0) is 19.5. The number of amides is 1. The molecule has 1 aromatic rings. The van der Waals surface area contributed by atoms with E-state index in [-0.39, 0.29) is 19.1 Å². The van der Waals surface area contributed by atoms with Crippen molar-refractivity contribution in [1.82, 2.24) is 5.32 Å². The van der Waals surface area contributed by atoms with Crippen LogP contribution in [0.5, 0.6) is 0 Å². The summed E-state index contributed by atoms with van der Waals surface area (Å²) in [5.74, 6) is -2.65. The van der Waals surface area contributed by atoms with E-state index in [1.54, 1.807) is 6.92 Å². The minimum atomic E-state index is -1.03. The van der Waals surface area contributed by atoms with E-state index in [0.717, 1.165) is 5.56 Å². The molecule has 3 atom stereocenters. The molecule has 2 N–H and O–H groups in total. The minimum Gasteiger partial charge on any atom is -0.481 e. The third-order valence-corrected chi connectivity index (χ3v) is 4.98. The van der Waals surface area contributed by atoms with Crippen LogP contribution in [0, 0.1) is 11.8 Å². The van der Waals surface area contributed by atoms with Crippen molar-refractivity contribution in [3.05, 3.63) is 35.9 Å². The van der Waals surface area contributed by atoms with E-state index < -0.39 is 30.0 Å². The van der Waals surface area contributed by atoms with Crippen LogP contribution in [-0.4, -0.2) is 40.2 Å². The van der Waals surface area contributed by atoms with Gasteiger partial charge in [-0.2, -0.15) is 0 Å². The van der Waals surface area contributed by atoms with Gasteiger partial charge in [0.05, 0.1) is 5.92 Å². The summed E-state index contributed by atoms with van der Waals surface area (Å²) in [6.07, 6.45) is -0.0901. The first-order chi connectivity index (χ1) is 12.4. The molecule has 0 fully saturated rings. The Labute approximate surface area is 166 Å². The van der Waals surface area contributed by atoms with Crippen molar-refractivity contribution in [3.8, 4) is 0 Å². The summed E-state index contributed by atoms with van der Waals surface area (Å²) in [5.41, 5.74) is 0.830. The molecule has 144 valence electrons. The fraction of sp³-hybridized carbons (Fsp3) is 0.500. The van der Waals surface area contributed by atoms with Crippen molar-refractivity contribution in [2.45, 2.75) is 32.9 Å². The molecule has 0 aliphatic heterocycles. The number of benzene rings is 1. The van der Waals surface area contributed by atoms with Gasteiger partial charge in [0.2, 0.25) is 0 Å². The molecule has 26 heavy (non-hydrogen) atoms. The molecule has 1 amide bonds. The van der Waals surface area contributed by atoms with Gasteiger partial charge in [-0.25, -0.2) is 9.59 Å². The minimum absolute atomic E-state index is 0.0882. The van der Waals surface area contributed by atoms with E-state index in [1.807, 2.05) is 59.8 Å². The van der Waals surface area contributed by atoms with Gasteiger partial charge in [0.15, 0.2) is 0 Å². The van der Waals surface area contributed by atoms with E-state index in [0.29, 0.717) is 10.8 Å². The second kappa shape index (κ2) is 11.7. The lowest BCUT2D eigenvalue weighted by Gasteiger charge is -2.23. The highest BCUT2D eigenvalue weighted by Gasteiger charge is 2.29. The summed E-state index contributed by atoms with van der Waals surface area (Å²) < 4.78 is 10.6. The lowest BCUT2D eigenvalue weighted by atomic mass is 9.99. The number of alkyl carbamates (subject to hydrolysis) is 1. The van der Waals surface area contributed by atoms with Crippen molar-refractivity contribution < 1.29 is 29.0 Å². The van der Waals surface area contributed by atoms with Crippen LogP contribution in [-0.2, 0) is 25.7 Å². The number of ether oxygens (including phenoxy) is 2. The van der Waals surface area contributed by atoms with E-state index >= 15 is 0 Å². The maximum absolute atomic E-state index is 12.3. The summed E-state index contributed by atoms with van der Waals surface area (Å²) in [6.45, 7) is 3.54. The molecule has 7 nitrogen and oxygen atoms in total. The van der Waals surface area contributed by atoms with Crippen molar-refractivity contribution in [1.29, 1.82) is 0 Å². The van der Waals surface area contributed by atoms with Crippen molar-refractivity contribution in [3.63, 3.8) is 0 Å². The predicted octanol–water partition coefficient (Wildman–Crippen LogP) is 3.01. The maximum Gasteiger partial charge on any atom is 0.408 e. The molecular weight excluding hydrogens is 453 g/mol. The van der Waals surface area contributed by atoms with Gasteiger partial charge in [0.1, 0.15) is 19.3 Å². The number of rotatable bonds is 10. The Bertz CT molecular complexity index is 595. The highest BCUT2D eigenvalue weighted by Crippen LogP contribution is 2.12. The highest BCUT2D eigenvalue weighted by molar-refractivity contribution is 14.1. The number of aliphatic carboxylic acids is 1. The molecule has 1 unspecified atom stereocenters. The van der Waals surface area contributed by atoms with Crippen LogP contribution in [0.3, 0.4) is 0 Å². The van der Waals surface area contributed by atoms with Crippen LogP contribution >= 0.6 is 22.6 Å². The predicted molar refractivity (Wildman–Crippen MR) is 104 cm³/mol. The van der Waals surface area contributed by atoms with Gasteiger partial charge in [-0.15, -0.1) is 0 Å². The number of halogens is 1. The van der Waals surface area contributed by atoms with Crippen LogP contribution in [0.2, 0.25) is 0 Å². The van der Waals surface area contributed by atoms with E-state index in [1.165, 1.54) is 0 Å². The van der Waals surface area contributed by atoms with Gasteiger partial charge in [-0.05, 0) is 11.5 Å². The van der Waals surface area contributed by atoms with Gasteiger partial charge in [-0.1, -0.05) is 73.2 Å². The summed E-state index contributed by atoms with van der Waals surface area (Å²) in [6, 6.07) is 8.28. The monoisotopic (exact) mass is 477 g/mol. The first-order valence-corrected chi connectivity index (χ1v) is 9.84. The van der Waals surface area contributed by atoms with Gasteiger partial charge in [-0.3, -0.25) is 4.79 Å². The van der Waals surface area contributed by atoms with Crippen LogP contribution in [0.15, 0.2) is 30.3 Å². The van der Waals surface area contributed by atoms with Crippen LogP contribution in [0.1, 0.15) is 25.8 Å². The lowest BCUT2D eigenvalue weighted by Crippen LogP contribution is -2.46.